The summed E-state index contributed by atoms with van der Waals surface area (Å²) >= 11 is 6.25. The minimum atomic E-state index is -0.610. The Labute approximate surface area is 280 Å². The molecule has 1 aliphatic heterocycles. The van der Waals surface area contributed by atoms with Crippen molar-refractivity contribution in [3.63, 3.8) is 0 Å². The number of anilines is 1. The van der Waals surface area contributed by atoms with Gasteiger partial charge in [-0.05, 0) is 96.5 Å². The van der Waals surface area contributed by atoms with Crippen LogP contribution in [0.1, 0.15) is 49.4 Å². The fourth-order valence-electron chi connectivity index (χ4n) is 5.87. The minimum absolute atomic E-state index is 0.107. The van der Waals surface area contributed by atoms with Gasteiger partial charge >= 0.3 is 6.09 Å². The number of hydrogen-bond acceptors (Lipinski definition) is 9. The fourth-order valence-corrected chi connectivity index (χ4v) is 6.05. The number of carbonyl (C=O) groups excluding carboxylic acids is 3. The van der Waals surface area contributed by atoms with Crippen molar-refractivity contribution >= 4 is 41.3 Å². The van der Waals surface area contributed by atoms with Crippen LogP contribution in [0, 0.1) is 11.8 Å². The standard InChI is InChI=1S/C33H34ClN9O5/c1-48-33(47)36-25-10-6-21(7-11-25)26-17-28(38-39-31(26)45)27(15-20-3-2-14-42(18-20)32(46)22-4-5-22)37-30(44)13-8-23-16-24(34)9-12-29(23)43-19-35-40-41-43/h6-13,16-17,19-20,22,27H,2-5,14-15,18H2,1H3,(H,36,47)(H,37,44)(H,39,45)/b13-8+/t20-,27-/m0/s1. The van der Waals surface area contributed by atoms with Crippen LogP contribution in [0.4, 0.5) is 10.5 Å². The van der Waals surface area contributed by atoms with Gasteiger partial charge in [0, 0.05) is 41.4 Å². The summed E-state index contributed by atoms with van der Waals surface area (Å²) in [5.41, 5.74) is 2.75. The number of H-pyrrole nitrogens is 1. The molecule has 48 heavy (non-hydrogen) atoms. The third-order valence-electron chi connectivity index (χ3n) is 8.45. The third kappa shape index (κ3) is 7.94. The molecule has 6 rings (SSSR count). The van der Waals surface area contributed by atoms with Crippen molar-refractivity contribution in [2.45, 2.75) is 38.1 Å². The molecule has 2 aromatic heterocycles. The zero-order valence-corrected chi connectivity index (χ0v) is 26.9. The van der Waals surface area contributed by atoms with Crippen LogP contribution >= 0.6 is 11.6 Å². The van der Waals surface area contributed by atoms with Gasteiger partial charge in [0.15, 0.2) is 0 Å². The zero-order chi connectivity index (χ0) is 33.6. The minimum Gasteiger partial charge on any atom is -0.453 e. The SMILES string of the molecule is COC(=O)Nc1ccc(-c2cc([C@H](C[C@@H]3CCCN(C(=O)C4CC4)C3)NC(=O)/C=C/c3cc(Cl)ccc3-n3cnnn3)n[nH]c2=O)cc1. The molecule has 2 aromatic carbocycles. The Kier molecular flexibility index (Phi) is 9.90. The molecular formula is C33H34ClN9O5. The Bertz CT molecular complexity index is 1870. The van der Waals surface area contributed by atoms with E-state index >= 15 is 0 Å². The zero-order valence-electron chi connectivity index (χ0n) is 26.1. The van der Waals surface area contributed by atoms with Crippen molar-refractivity contribution in [1.82, 2.24) is 40.6 Å². The molecule has 0 bridgehead atoms. The fraction of sp³-hybridized carbons (Fsp3) is 0.333. The predicted octanol–water partition coefficient (Wildman–Crippen LogP) is 4.15. The molecule has 3 heterocycles. The summed E-state index contributed by atoms with van der Waals surface area (Å²) in [5, 5.41) is 24.4. The summed E-state index contributed by atoms with van der Waals surface area (Å²) in [6.45, 7) is 1.33. The molecular weight excluding hydrogens is 638 g/mol. The lowest BCUT2D eigenvalue weighted by Gasteiger charge is -2.34. The van der Waals surface area contributed by atoms with Gasteiger partial charge in [-0.15, -0.1) is 5.10 Å². The molecule has 0 radical (unpaired) electrons. The summed E-state index contributed by atoms with van der Waals surface area (Å²) in [6, 6.07) is 12.9. The molecule has 2 aliphatic rings. The first-order valence-electron chi connectivity index (χ1n) is 15.6. The second kappa shape index (κ2) is 14.6. The number of likely N-dealkylation sites (tertiary alicyclic amines) is 1. The highest BCUT2D eigenvalue weighted by molar-refractivity contribution is 6.30. The van der Waals surface area contributed by atoms with Crippen LogP contribution in [0.2, 0.25) is 5.02 Å². The lowest BCUT2D eigenvalue weighted by Crippen LogP contribution is -2.42. The highest BCUT2D eigenvalue weighted by Crippen LogP contribution is 2.34. The number of rotatable bonds is 10. The van der Waals surface area contributed by atoms with Gasteiger partial charge < -0.3 is 15.0 Å². The van der Waals surface area contributed by atoms with Gasteiger partial charge in [0.25, 0.3) is 5.56 Å². The van der Waals surface area contributed by atoms with E-state index in [4.69, 9.17) is 11.6 Å². The molecule has 15 heteroatoms. The van der Waals surface area contributed by atoms with E-state index in [-0.39, 0.29) is 17.7 Å². The smallest absolute Gasteiger partial charge is 0.411 e. The summed E-state index contributed by atoms with van der Waals surface area (Å²) in [6.07, 6.45) is 8.00. The first-order chi connectivity index (χ1) is 23.3. The number of carbonyl (C=O) groups is 3. The van der Waals surface area contributed by atoms with Crippen molar-refractivity contribution in [1.29, 1.82) is 0 Å². The van der Waals surface area contributed by atoms with Crippen molar-refractivity contribution in [3.8, 4) is 16.8 Å². The molecule has 1 aliphatic carbocycles. The van der Waals surface area contributed by atoms with Crippen molar-refractivity contribution < 1.29 is 19.1 Å². The maximum absolute atomic E-state index is 13.5. The van der Waals surface area contributed by atoms with Crippen LogP contribution in [-0.4, -0.2) is 73.4 Å². The highest BCUT2D eigenvalue weighted by atomic mass is 35.5. The molecule has 1 saturated heterocycles. The second-order valence-electron chi connectivity index (χ2n) is 11.9. The van der Waals surface area contributed by atoms with Crippen LogP contribution in [0.15, 0.2) is 65.7 Å². The molecule has 4 aromatic rings. The number of tetrazole rings is 1. The number of hydrogen-bond donors (Lipinski definition) is 3. The lowest BCUT2D eigenvalue weighted by molar-refractivity contribution is -0.134. The number of methoxy groups -OCH3 is 1. The van der Waals surface area contributed by atoms with Crippen LogP contribution in [0.5, 0.6) is 0 Å². The van der Waals surface area contributed by atoms with Crippen molar-refractivity contribution in [3.05, 3.63) is 87.6 Å². The summed E-state index contributed by atoms with van der Waals surface area (Å²) in [7, 11) is 1.27. The molecule has 3 amide bonds. The Morgan fingerprint density at radius 1 is 1.12 bits per heavy atom. The Morgan fingerprint density at radius 2 is 1.94 bits per heavy atom. The molecule has 0 spiro atoms. The quantitative estimate of drug-likeness (QED) is 0.209. The van der Waals surface area contributed by atoms with Crippen molar-refractivity contribution in [2.24, 2.45) is 11.8 Å². The summed E-state index contributed by atoms with van der Waals surface area (Å²) in [4.78, 5) is 52.8. The highest BCUT2D eigenvalue weighted by Gasteiger charge is 2.36. The average molecular weight is 672 g/mol. The number of ether oxygens (including phenoxy) is 1. The Morgan fingerprint density at radius 3 is 2.67 bits per heavy atom. The summed E-state index contributed by atoms with van der Waals surface area (Å²) < 4.78 is 6.11. The molecule has 248 valence electrons. The first kappa shape index (κ1) is 32.6. The monoisotopic (exact) mass is 671 g/mol. The van der Waals surface area contributed by atoms with E-state index in [0.717, 1.165) is 32.2 Å². The van der Waals surface area contributed by atoms with E-state index in [1.54, 1.807) is 54.6 Å². The predicted molar refractivity (Wildman–Crippen MR) is 177 cm³/mol. The van der Waals surface area contributed by atoms with E-state index in [2.05, 4.69) is 41.1 Å². The maximum Gasteiger partial charge on any atom is 0.411 e. The van der Waals surface area contributed by atoms with E-state index in [1.807, 2.05) is 4.90 Å². The van der Waals surface area contributed by atoms with Gasteiger partial charge in [-0.2, -0.15) is 9.78 Å². The normalized spacial score (nSPS) is 16.8. The average Bonchev–Trinajstić information content (AvgIpc) is 3.81. The molecule has 0 unspecified atom stereocenters. The van der Waals surface area contributed by atoms with E-state index in [0.29, 0.717) is 51.7 Å². The van der Waals surface area contributed by atoms with Gasteiger partial charge in [-0.1, -0.05) is 23.7 Å². The van der Waals surface area contributed by atoms with Gasteiger partial charge in [-0.3, -0.25) is 19.7 Å². The first-order valence-corrected chi connectivity index (χ1v) is 16.0. The van der Waals surface area contributed by atoms with E-state index in [1.165, 1.54) is 24.2 Å². The molecule has 2 atom stereocenters. The number of aromatic nitrogens is 6. The second-order valence-corrected chi connectivity index (χ2v) is 12.3. The number of halogens is 1. The molecule has 2 fully saturated rings. The van der Waals surface area contributed by atoms with Crippen LogP contribution < -0.4 is 16.2 Å². The Balaban J connectivity index is 1.26. The number of amides is 3. The lowest BCUT2D eigenvalue weighted by atomic mass is 9.89. The van der Waals surface area contributed by atoms with Gasteiger partial charge in [-0.25, -0.2) is 9.89 Å². The van der Waals surface area contributed by atoms with Crippen LogP contribution in [-0.2, 0) is 14.3 Å². The number of piperidine rings is 1. The Hall–Kier alpha value is -5.37. The van der Waals surface area contributed by atoms with Gasteiger partial charge in [0.05, 0.1) is 30.1 Å². The number of aromatic amines is 1. The van der Waals surface area contributed by atoms with Gasteiger partial charge in [0.1, 0.15) is 6.33 Å². The molecule has 3 N–H and O–H groups in total. The molecule has 1 saturated carbocycles. The van der Waals surface area contributed by atoms with E-state index in [9.17, 15) is 19.2 Å². The van der Waals surface area contributed by atoms with Crippen LogP contribution in [0.3, 0.4) is 0 Å². The topological polar surface area (TPSA) is 177 Å². The number of nitrogens with one attached hydrogen (secondary N) is 3. The number of nitrogens with zero attached hydrogens (tertiary/aromatic N) is 6. The number of benzene rings is 2. The van der Waals surface area contributed by atoms with Gasteiger partial charge in [0.2, 0.25) is 11.8 Å². The van der Waals surface area contributed by atoms with E-state index < -0.39 is 23.6 Å². The maximum atomic E-state index is 13.5. The summed E-state index contributed by atoms with van der Waals surface area (Å²) in [5.74, 6) is 0.0532. The van der Waals surface area contributed by atoms with Crippen LogP contribution in [0.25, 0.3) is 22.9 Å². The largest absolute Gasteiger partial charge is 0.453 e. The third-order valence-corrected chi connectivity index (χ3v) is 8.69. The molecule has 14 nitrogen and oxygen atoms in total. The van der Waals surface area contributed by atoms with Crippen molar-refractivity contribution in [2.75, 3.05) is 25.5 Å².